The quantitative estimate of drug-likeness (QED) is 0.754. The summed E-state index contributed by atoms with van der Waals surface area (Å²) >= 11 is 0. The van der Waals surface area contributed by atoms with E-state index in [1.807, 2.05) is 27.8 Å². The molecule has 1 aromatic rings. The van der Waals surface area contributed by atoms with Crippen LogP contribution in [-0.2, 0) is 17.3 Å². The fourth-order valence-electron chi connectivity index (χ4n) is 2.48. The summed E-state index contributed by atoms with van der Waals surface area (Å²) in [6.45, 7) is 6.14. The maximum atomic E-state index is 12.5. The molecule has 0 aromatic carbocycles. The highest BCUT2D eigenvalue weighted by Crippen LogP contribution is 2.30. The second kappa shape index (κ2) is 4.34. The van der Waals surface area contributed by atoms with E-state index in [1.54, 1.807) is 10.9 Å². The van der Waals surface area contributed by atoms with Crippen LogP contribution in [0.3, 0.4) is 0 Å². The van der Waals surface area contributed by atoms with E-state index in [0.29, 0.717) is 24.8 Å². The molecule has 18 heavy (non-hydrogen) atoms. The fraction of sp³-hybridized carbons (Fsp3) is 0.643. The molecule has 0 amide bonds. The van der Waals surface area contributed by atoms with Crippen LogP contribution >= 0.6 is 0 Å². The number of hydrogen-bond acceptors (Lipinski definition) is 3. The molecule has 0 N–H and O–H groups in total. The summed E-state index contributed by atoms with van der Waals surface area (Å²) in [7, 11) is 1.83. The lowest BCUT2D eigenvalue weighted by molar-refractivity contribution is -0.117. The van der Waals surface area contributed by atoms with E-state index >= 15 is 0 Å². The summed E-state index contributed by atoms with van der Waals surface area (Å²) in [5.41, 5.74) is 1.36. The number of Topliss-reactive ketones (excluding diaryl/α,β-unsaturated/α-hetero) is 2. The number of nitrogens with zero attached hydrogens (tertiary/aromatic N) is 2. The van der Waals surface area contributed by atoms with Gasteiger partial charge in [0.1, 0.15) is 5.78 Å². The van der Waals surface area contributed by atoms with Crippen LogP contribution < -0.4 is 0 Å². The Hall–Kier alpha value is -1.45. The Kier molecular flexibility index (Phi) is 3.13. The highest BCUT2D eigenvalue weighted by atomic mass is 16.1. The van der Waals surface area contributed by atoms with E-state index in [0.717, 1.165) is 5.69 Å². The standard InChI is InChI=1S/C14H20N2O2/c1-14(2,3)13-11(8-16(4)15-13)12(18)9-5-6-10(17)7-9/h8-9H,5-7H2,1-4H3. The molecule has 4 nitrogen and oxygen atoms in total. The average Bonchev–Trinajstić information content (AvgIpc) is 2.82. The molecule has 0 saturated heterocycles. The van der Waals surface area contributed by atoms with Gasteiger partial charge in [0.05, 0.1) is 11.3 Å². The molecule has 1 aliphatic rings. The topological polar surface area (TPSA) is 52.0 Å². The number of ketones is 2. The second-order valence-corrected chi connectivity index (χ2v) is 6.16. The van der Waals surface area contributed by atoms with Crippen molar-refractivity contribution < 1.29 is 9.59 Å². The third-order valence-electron chi connectivity index (χ3n) is 3.42. The normalized spacial score (nSPS) is 20.4. The predicted molar refractivity (Wildman–Crippen MR) is 68.6 cm³/mol. The maximum Gasteiger partial charge on any atom is 0.169 e. The summed E-state index contributed by atoms with van der Waals surface area (Å²) < 4.78 is 1.69. The number of aromatic nitrogens is 2. The molecule has 2 rings (SSSR count). The zero-order valence-corrected chi connectivity index (χ0v) is 11.5. The monoisotopic (exact) mass is 248 g/mol. The van der Waals surface area contributed by atoms with Crippen molar-refractivity contribution >= 4 is 11.6 Å². The molecule has 1 atom stereocenters. The van der Waals surface area contributed by atoms with Crippen LogP contribution in [0.2, 0.25) is 0 Å². The van der Waals surface area contributed by atoms with Crippen molar-refractivity contribution in [1.82, 2.24) is 9.78 Å². The molecule has 0 bridgehead atoms. The Labute approximate surface area is 107 Å². The van der Waals surface area contributed by atoms with Crippen molar-refractivity contribution in [2.24, 2.45) is 13.0 Å². The van der Waals surface area contributed by atoms with E-state index in [9.17, 15) is 9.59 Å². The lowest BCUT2D eigenvalue weighted by atomic mass is 9.86. The number of carbonyl (C=O) groups is 2. The highest BCUT2D eigenvalue weighted by molar-refractivity contribution is 6.02. The molecular formula is C14H20N2O2. The van der Waals surface area contributed by atoms with E-state index < -0.39 is 0 Å². The predicted octanol–water partition coefficient (Wildman–Crippen LogP) is 2.27. The van der Waals surface area contributed by atoms with Crippen LogP contribution in [0.5, 0.6) is 0 Å². The highest BCUT2D eigenvalue weighted by Gasteiger charge is 2.33. The Morgan fingerprint density at radius 3 is 2.61 bits per heavy atom. The number of aryl methyl sites for hydroxylation is 1. The molecular weight excluding hydrogens is 228 g/mol. The fourth-order valence-corrected chi connectivity index (χ4v) is 2.48. The number of hydrogen-bond donors (Lipinski definition) is 0. The summed E-state index contributed by atoms with van der Waals surface area (Å²) in [6, 6.07) is 0. The minimum Gasteiger partial charge on any atom is -0.300 e. The lowest BCUT2D eigenvalue weighted by Crippen LogP contribution is -2.20. The third-order valence-corrected chi connectivity index (χ3v) is 3.42. The average molecular weight is 248 g/mol. The van der Waals surface area contributed by atoms with Gasteiger partial charge in [-0.3, -0.25) is 14.3 Å². The van der Waals surface area contributed by atoms with E-state index in [4.69, 9.17) is 0 Å². The molecule has 98 valence electrons. The SMILES string of the molecule is Cn1cc(C(=O)C2CCC(=O)C2)c(C(C)(C)C)n1. The molecule has 1 aromatic heterocycles. The van der Waals surface area contributed by atoms with Gasteiger partial charge in [0.2, 0.25) is 0 Å². The van der Waals surface area contributed by atoms with Crippen LogP contribution in [0.4, 0.5) is 0 Å². The number of rotatable bonds is 2. The smallest absolute Gasteiger partial charge is 0.169 e. The molecule has 1 unspecified atom stereocenters. The zero-order valence-electron chi connectivity index (χ0n) is 11.5. The van der Waals surface area contributed by atoms with Crippen molar-refractivity contribution in [3.8, 4) is 0 Å². The van der Waals surface area contributed by atoms with Crippen molar-refractivity contribution in [2.75, 3.05) is 0 Å². The van der Waals surface area contributed by atoms with Crippen LogP contribution in [0.15, 0.2) is 6.20 Å². The van der Waals surface area contributed by atoms with Gasteiger partial charge in [-0.25, -0.2) is 0 Å². The largest absolute Gasteiger partial charge is 0.300 e. The summed E-state index contributed by atoms with van der Waals surface area (Å²) in [4.78, 5) is 23.8. The Balaban J connectivity index is 2.33. The number of carbonyl (C=O) groups excluding carboxylic acids is 2. The van der Waals surface area contributed by atoms with Crippen LogP contribution in [0.1, 0.15) is 56.1 Å². The summed E-state index contributed by atoms with van der Waals surface area (Å²) in [5, 5.41) is 4.40. The lowest BCUT2D eigenvalue weighted by Gasteiger charge is -2.18. The minimum atomic E-state index is -0.158. The first-order valence-corrected chi connectivity index (χ1v) is 6.39. The first kappa shape index (κ1) is 13.0. The molecule has 1 saturated carbocycles. The van der Waals surface area contributed by atoms with E-state index in [2.05, 4.69) is 5.10 Å². The third kappa shape index (κ3) is 2.37. The van der Waals surface area contributed by atoms with Crippen LogP contribution in [0, 0.1) is 5.92 Å². The minimum absolute atomic E-state index is 0.0823. The Bertz CT molecular complexity index is 494. The van der Waals surface area contributed by atoms with Gasteiger partial charge in [-0.05, 0) is 6.42 Å². The van der Waals surface area contributed by atoms with Gasteiger partial charge in [-0.15, -0.1) is 0 Å². The van der Waals surface area contributed by atoms with Crippen molar-refractivity contribution in [3.63, 3.8) is 0 Å². The van der Waals surface area contributed by atoms with Crippen LogP contribution in [-0.4, -0.2) is 21.3 Å². The summed E-state index contributed by atoms with van der Waals surface area (Å²) in [5.74, 6) is 0.149. The van der Waals surface area contributed by atoms with Crippen molar-refractivity contribution in [2.45, 2.75) is 45.4 Å². The molecule has 4 heteroatoms. The molecule has 1 fully saturated rings. The molecule has 0 radical (unpaired) electrons. The molecule has 1 aliphatic carbocycles. The second-order valence-electron chi connectivity index (χ2n) is 6.16. The van der Waals surface area contributed by atoms with Gasteiger partial charge >= 0.3 is 0 Å². The zero-order chi connectivity index (χ0) is 13.5. The first-order chi connectivity index (χ1) is 8.29. The first-order valence-electron chi connectivity index (χ1n) is 6.39. The molecule has 1 heterocycles. The van der Waals surface area contributed by atoms with E-state index in [1.165, 1.54) is 0 Å². The Morgan fingerprint density at radius 1 is 1.44 bits per heavy atom. The Morgan fingerprint density at radius 2 is 2.11 bits per heavy atom. The van der Waals surface area contributed by atoms with Gasteiger partial charge in [0.15, 0.2) is 5.78 Å². The van der Waals surface area contributed by atoms with E-state index in [-0.39, 0.29) is 22.9 Å². The van der Waals surface area contributed by atoms with Gasteiger partial charge in [0, 0.05) is 37.4 Å². The van der Waals surface area contributed by atoms with Crippen molar-refractivity contribution in [1.29, 1.82) is 0 Å². The van der Waals surface area contributed by atoms with Gasteiger partial charge in [-0.2, -0.15) is 5.10 Å². The molecule has 0 spiro atoms. The summed E-state index contributed by atoms with van der Waals surface area (Å²) in [6.07, 6.45) is 3.42. The van der Waals surface area contributed by atoms with Gasteiger partial charge in [0.25, 0.3) is 0 Å². The van der Waals surface area contributed by atoms with Crippen LogP contribution in [0.25, 0.3) is 0 Å². The maximum absolute atomic E-state index is 12.5. The van der Waals surface area contributed by atoms with Gasteiger partial charge in [-0.1, -0.05) is 20.8 Å². The van der Waals surface area contributed by atoms with Crippen molar-refractivity contribution in [3.05, 3.63) is 17.5 Å². The van der Waals surface area contributed by atoms with Gasteiger partial charge < -0.3 is 0 Å². The molecule has 0 aliphatic heterocycles.